The van der Waals surface area contributed by atoms with Crippen LogP contribution >= 0.6 is 11.6 Å². The smallest absolute Gasteiger partial charge is 0.115 e. The van der Waals surface area contributed by atoms with Gasteiger partial charge < -0.3 is 19.8 Å². The number of nitrogens with zero attached hydrogens (tertiary/aromatic N) is 1. The van der Waals surface area contributed by atoms with Crippen LogP contribution in [0.2, 0.25) is 5.02 Å². The van der Waals surface area contributed by atoms with E-state index in [2.05, 4.69) is 4.90 Å². The second-order valence-corrected chi connectivity index (χ2v) is 7.78. The predicted octanol–water partition coefficient (Wildman–Crippen LogP) is 4.36. The van der Waals surface area contributed by atoms with E-state index in [1.54, 1.807) is 12.1 Å². The Bertz CT molecular complexity index is 697. The van der Waals surface area contributed by atoms with Crippen molar-refractivity contribution in [3.63, 3.8) is 0 Å². The molecule has 0 aromatic heterocycles. The summed E-state index contributed by atoms with van der Waals surface area (Å²) in [7, 11) is 0. The summed E-state index contributed by atoms with van der Waals surface area (Å²) in [4.78, 5) is 2.30. The summed E-state index contributed by atoms with van der Waals surface area (Å²) in [6, 6.07) is 15.1. The van der Waals surface area contributed by atoms with Crippen LogP contribution in [0.25, 0.3) is 0 Å². The van der Waals surface area contributed by atoms with Gasteiger partial charge in [-0.1, -0.05) is 35.9 Å². The SMILES string of the molecule is CC(OCC(O)CN1CCC(c2ccc(O)cc2)CC1)c1ccc(Cl)cc1. The lowest BCUT2D eigenvalue weighted by Crippen LogP contribution is -2.40. The maximum Gasteiger partial charge on any atom is 0.115 e. The summed E-state index contributed by atoms with van der Waals surface area (Å²) in [5, 5.41) is 20.5. The fourth-order valence-electron chi connectivity index (χ4n) is 3.63. The number of aliphatic hydroxyl groups excluding tert-OH is 1. The average Bonchev–Trinajstić information content (AvgIpc) is 2.68. The Morgan fingerprint density at radius 1 is 1.07 bits per heavy atom. The molecular weight excluding hydrogens is 362 g/mol. The van der Waals surface area contributed by atoms with Crippen LogP contribution in [0.4, 0.5) is 0 Å². The van der Waals surface area contributed by atoms with Gasteiger partial charge in [0.05, 0.1) is 18.8 Å². The van der Waals surface area contributed by atoms with E-state index in [0.29, 0.717) is 29.8 Å². The molecule has 0 radical (unpaired) electrons. The lowest BCUT2D eigenvalue weighted by molar-refractivity contribution is -0.0181. The highest BCUT2D eigenvalue weighted by Gasteiger charge is 2.22. The van der Waals surface area contributed by atoms with Crippen LogP contribution in [0.1, 0.15) is 42.9 Å². The molecule has 0 amide bonds. The Morgan fingerprint density at radius 3 is 2.33 bits per heavy atom. The molecule has 0 spiro atoms. The molecule has 1 heterocycles. The summed E-state index contributed by atoms with van der Waals surface area (Å²) in [6.07, 6.45) is 1.57. The summed E-state index contributed by atoms with van der Waals surface area (Å²) in [5.74, 6) is 0.840. The Balaban J connectivity index is 1.39. The van der Waals surface area contributed by atoms with Gasteiger partial charge in [-0.2, -0.15) is 0 Å². The number of phenolic OH excluding ortho intramolecular Hbond substituents is 1. The summed E-state index contributed by atoms with van der Waals surface area (Å²) < 4.78 is 5.83. The molecule has 0 bridgehead atoms. The van der Waals surface area contributed by atoms with E-state index in [-0.39, 0.29) is 6.10 Å². The molecule has 3 rings (SSSR count). The topological polar surface area (TPSA) is 52.9 Å². The minimum atomic E-state index is -0.495. The fraction of sp³-hybridized carbons (Fsp3) is 0.455. The molecule has 1 aliphatic rings. The molecule has 2 aromatic carbocycles. The Kier molecular flexibility index (Phi) is 7.13. The molecule has 2 aromatic rings. The van der Waals surface area contributed by atoms with Crippen molar-refractivity contribution < 1.29 is 14.9 Å². The quantitative estimate of drug-likeness (QED) is 0.738. The lowest BCUT2D eigenvalue weighted by atomic mass is 9.89. The van der Waals surface area contributed by atoms with E-state index in [9.17, 15) is 10.2 Å². The first-order valence-corrected chi connectivity index (χ1v) is 9.95. The molecular formula is C22H28ClNO3. The predicted molar refractivity (Wildman–Crippen MR) is 108 cm³/mol. The fourth-order valence-corrected chi connectivity index (χ4v) is 3.76. The molecule has 1 saturated heterocycles. The lowest BCUT2D eigenvalue weighted by Gasteiger charge is -2.33. The second kappa shape index (κ2) is 9.56. The second-order valence-electron chi connectivity index (χ2n) is 7.35. The van der Waals surface area contributed by atoms with Gasteiger partial charge >= 0.3 is 0 Å². The molecule has 4 nitrogen and oxygen atoms in total. The van der Waals surface area contributed by atoms with Crippen molar-refractivity contribution in [2.75, 3.05) is 26.2 Å². The van der Waals surface area contributed by atoms with Gasteiger partial charge in [0.1, 0.15) is 5.75 Å². The number of phenols is 1. The van der Waals surface area contributed by atoms with E-state index < -0.39 is 6.10 Å². The average molecular weight is 390 g/mol. The first kappa shape index (κ1) is 20.2. The molecule has 146 valence electrons. The number of hydrogen-bond acceptors (Lipinski definition) is 4. The van der Waals surface area contributed by atoms with Crippen molar-refractivity contribution in [1.82, 2.24) is 4.90 Å². The Labute approximate surface area is 166 Å². The van der Waals surface area contributed by atoms with Gasteiger partial charge in [-0.05, 0) is 74.2 Å². The largest absolute Gasteiger partial charge is 0.508 e. The van der Waals surface area contributed by atoms with Gasteiger partial charge in [0.15, 0.2) is 0 Å². The van der Waals surface area contributed by atoms with Crippen molar-refractivity contribution in [3.05, 3.63) is 64.7 Å². The van der Waals surface area contributed by atoms with Crippen LogP contribution in [-0.4, -0.2) is 47.5 Å². The molecule has 1 fully saturated rings. The minimum absolute atomic E-state index is 0.0721. The van der Waals surface area contributed by atoms with Crippen LogP contribution in [-0.2, 0) is 4.74 Å². The van der Waals surface area contributed by atoms with Crippen molar-refractivity contribution in [3.8, 4) is 5.75 Å². The number of rotatable bonds is 7. The highest BCUT2D eigenvalue weighted by atomic mass is 35.5. The molecule has 0 aliphatic carbocycles. The number of β-amino-alcohol motifs (C(OH)–C–C–N with tert-alkyl or cyclic N) is 1. The third-order valence-electron chi connectivity index (χ3n) is 5.30. The van der Waals surface area contributed by atoms with Crippen LogP contribution in [0.3, 0.4) is 0 Å². The van der Waals surface area contributed by atoms with Gasteiger partial charge in [0.2, 0.25) is 0 Å². The first-order valence-electron chi connectivity index (χ1n) is 9.57. The molecule has 2 unspecified atom stereocenters. The number of likely N-dealkylation sites (tertiary alicyclic amines) is 1. The molecule has 1 aliphatic heterocycles. The van der Waals surface area contributed by atoms with Gasteiger partial charge in [-0.15, -0.1) is 0 Å². The highest BCUT2D eigenvalue weighted by Crippen LogP contribution is 2.29. The normalized spacial score (nSPS) is 18.3. The minimum Gasteiger partial charge on any atom is -0.508 e. The van der Waals surface area contributed by atoms with Crippen LogP contribution in [0.5, 0.6) is 5.75 Å². The maximum absolute atomic E-state index is 10.3. The van der Waals surface area contributed by atoms with Crippen molar-refractivity contribution in [2.45, 2.75) is 37.9 Å². The third-order valence-corrected chi connectivity index (χ3v) is 5.55. The van der Waals surface area contributed by atoms with Crippen molar-refractivity contribution in [2.24, 2.45) is 0 Å². The standard InChI is InChI=1S/C22H28ClNO3/c1-16(17-2-6-20(23)7-3-17)27-15-22(26)14-24-12-10-19(11-13-24)18-4-8-21(25)9-5-18/h2-9,16,19,22,25-26H,10-15H2,1H3. The summed E-state index contributed by atoms with van der Waals surface area (Å²) in [6.45, 7) is 4.88. The zero-order valence-electron chi connectivity index (χ0n) is 15.7. The highest BCUT2D eigenvalue weighted by molar-refractivity contribution is 6.30. The monoisotopic (exact) mass is 389 g/mol. The van der Waals surface area contributed by atoms with Gasteiger partial charge in [-0.25, -0.2) is 0 Å². The van der Waals surface area contributed by atoms with E-state index in [0.717, 1.165) is 31.5 Å². The number of ether oxygens (including phenoxy) is 1. The van der Waals surface area contributed by atoms with Gasteiger partial charge in [0.25, 0.3) is 0 Å². The molecule has 0 saturated carbocycles. The number of aliphatic hydroxyl groups is 1. The molecule has 27 heavy (non-hydrogen) atoms. The third kappa shape index (κ3) is 5.94. The zero-order valence-corrected chi connectivity index (χ0v) is 16.5. The maximum atomic E-state index is 10.3. The zero-order chi connectivity index (χ0) is 19.2. The van der Waals surface area contributed by atoms with E-state index in [4.69, 9.17) is 16.3 Å². The van der Waals surface area contributed by atoms with Crippen LogP contribution < -0.4 is 0 Å². The van der Waals surface area contributed by atoms with Crippen molar-refractivity contribution in [1.29, 1.82) is 0 Å². The van der Waals surface area contributed by atoms with E-state index in [1.165, 1.54) is 5.56 Å². The summed E-state index contributed by atoms with van der Waals surface area (Å²) in [5.41, 5.74) is 2.34. The van der Waals surface area contributed by atoms with Gasteiger partial charge in [-0.3, -0.25) is 0 Å². The van der Waals surface area contributed by atoms with Crippen molar-refractivity contribution >= 4 is 11.6 Å². The molecule has 2 atom stereocenters. The Morgan fingerprint density at radius 2 is 1.70 bits per heavy atom. The Hall–Kier alpha value is -1.59. The number of piperidine rings is 1. The van der Waals surface area contributed by atoms with E-state index >= 15 is 0 Å². The van der Waals surface area contributed by atoms with Gasteiger partial charge in [0, 0.05) is 11.6 Å². The van der Waals surface area contributed by atoms with Crippen LogP contribution in [0.15, 0.2) is 48.5 Å². The molecule has 5 heteroatoms. The van der Waals surface area contributed by atoms with Crippen LogP contribution in [0, 0.1) is 0 Å². The first-order chi connectivity index (χ1) is 13.0. The van der Waals surface area contributed by atoms with E-state index in [1.807, 2.05) is 43.3 Å². The number of halogens is 1. The molecule has 2 N–H and O–H groups in total. The number of hydrogen-bond donors (Lipinski definition) is 2. The number of aromatic hydroxyl groups is 1. The number of benzene rings is 2. The summed E-state index contributed by atoms with van der Waals surface area (Å²) >= 11 is 5.91.